The standard InChI is InChI=1S/C20H20N2O5/c1-14(19(24)22-20(25)21-16-8-4-3-5-9-16)27-18(23)12-11-15-7-6-10-17(13-15)26-2/h3-14H,1-2H3,(H2,21,22,24,25)/b12-11+. The van der Waals surface area contributed by atoms with Crippen LogP contribution in [-0.4, -0.2) is 31.1 Å². The van der Waals surface area contributed by atoms with Crippen molar-refractivity contribution >= 4 is 29.7 Å². The summed E-state index contributed by atoms with van der Waals surface area (Å²) in [6.45, 7) is 1.38. The van der Waals surface area contributed by atoms with Crippen molar-refractivity contribution in [3.63, 3.8) is 0 Å². The highest BCUT2D eigenvalue weighted by molar-refractivity contribution is 6.03. The number of para-hydroxylation sites is 1. The Hall–Kier alpha value is -3.61. The van der Waals surface area contributed by atoms with E-state index < -0.39 is 24.0 Å². The number of esters is 1. The van der Waals surface area contributed by atoms with E-state index in [1.54, 1.807) is 61.7 Å². The van der Waals surface area contributed by atoms with Crippen molar-refractivity contribution in [2.45, 2.75) is 13.0 Å². The van der Waals surface area contributed by atoms with E-state index in [0.29, 0.717) is 11.4 Å². The number of benzene rings is 2. The van der Waals surface area contributed by atoms with Gasteiger partial charge in [-0.1, -0.05) is 30.3 Å². The molecule has 0 bridgehead atoms. The molecule has 0 saturated heterocycles. The minimum absolute atomic E-state index is 0.536. The Kier molecular flexibility index (Phi) is 7.13. The third-order valence-electron chi connectivity index (χ3n) is 3.44. The average Bonchev–Trinajstić information content (AvgIpc) is 2.67. The molecular formula is C20H20N2O5. The van der Waals surface area contributed by atoms with Gasteiger partial charge in [-0.25, -0.2) is 9.59 Å². The normalized spacial score (nSPS) is 11.5. The number of imide groups is 1. The van der Waals surface area contributed by atoms with Crippen molar-refractivity contribution in [2.75, 3.05) is 12.4 Å². The molecule has 2 aromatic carbocycles. The maximum atomic E-state index is 11.9. The van der Waals surface area contributed by atoms with Crippen molar-refractivity contribution in [1.82, 2.24) is 5.32 Å². The minimum Gasteiger partial charge on any atom is -0.497 e. The Morgan fingerprint density at radius 1 is 1.04 bits per heavy atom. The van der Waals surface area contributed by atoms with E-state index in [4.69, 9.17) is 9.47 Å². The zero-order chi connectivity index (χ0) is 19.6. The molecule has 3 amide bonds. The molecule has 27 heavy (non-hydrogen) atoms. The van der Waals surface area contributed by atoms with Crippen LogP contribution < -0.4 is 15.4 Å². The van der Waals surface area contributed by atoms with Crippen LogP contribution in [0.25, 0.3) is 6.08 Å². The van der Waals surface area contributed by atoms with Crippen molar-refractivity contribution < 1.29 is 23.9 Å². The number of hydrogen-bond donors (Lipinski definition) is 2. The average molecular weight is 368 g/mol. The summed E-state index contributed by atoms with van der Waals surface area (Å²) in [7, 11) is 1.55. The molecule has 7 heteroatoms. The largest absolute Gasteiger partial charge is 0.497 e. The number of anilines is 1. The van der Waals surface area contributed by atoms with Crippen LogP contribution in [0.2, 0.25) is 0 Å². The highest BCUT2D eigenvalue weighted by Gasteiger charge is 2.19. The van der Waals surface area contributed by atoms with Gasteiger partial charge in [0.15, 0.2) is 6.10 Å². The number of methoxy groups -OCH3 is 1. The monoisotopic (exact) mass is 368 g/mol. The molecule has 1 atom stereocenters. The van der Waals surface area contributed by atoms with Gasteiger partial charge in [-0.15, -0.1) is 0 Å². The molecule has 0 heterocycles. The first-order chi connectivity index (χ1) is 13.0. The molecule has 0 aliphatic rings. The van der Waals surface area contributed by atoms with Gasteiger partial charge < -0.3 is 14.8 Å². The van der Waals surface area contributed by atoms with Crippen molar-refractivity contribution in [3.8, 4) is 5.75 Å². The quantitative estimate of drug-likeness (QED) is 0.604. The summed E-state index contributed by atoms with van der Waals surface area (Å²) in [5.41, 5.74) is 1.28. The number of ether oxygens (including phenoxy) is 2. The van der Waals surface area contributed by atoms with Crippen molar-refractivity contribution in [2.24, 2.45) is 0 Å². The highest BCUT2D eigenvalue weighted by atomic mass is 16.5. The highest BCUT2D eigenvalue weighted by Crippen LogP contribution is 2.13. The summed E-state index contributed by atoms with van der Waals surface area (Å²) in [5, 5.41) is 4.62. The Morgan fingerprint density at radius 2 is 1.78 bits per heavy atom. The van der Waals surface area contributed by atoms with E-state index in [-0.39, 0.29) is 0 Å². The van der Waals surface area contributed by atoms with Crippen LogP contribution in [0.3, 0.4) is 0 Å². The first-order valence-electron chi connectivity index (χ1n) is 8.17. The van der Waals surface area contributed by atoms with Gasteiger partial charge in [0.05, 0.1) is 7.11 Å². The fourth-order valence-electron chi connectivity index (χ4n) is 2.07. The number of carbonyl (C=O) groups excluding carboxylic acids is 3. The summed E-state index contributed by atoms with van der Waals surface area (Å²) in [6.07, 6.45) is 1.61. The maximum Gasteiger partial charge on any atom is 0.331 e. The Balaban J connectivity index is 1.83. The lowest BCUT2D eigenvalue weighted by Gasteiger charge is -2.12. The van der Waals surface area contributed by atoms with Gasteiger partial charge in [-0.3, -0.25) is 10.1 Å². The van der Waals surface area contributed by atoms with Gasteiger partial charge in [-0.05, 0) is 42.8 Å². The molecule has 1 unspecified atom stereocenters. The van der Waals surface area contributed by atoms with Crippen LogP contribution in [-0.2, 0) is 14.3 Å². The Bertz CT molecular complexity index is 833. The van der Waals surface area contributed by atoms with E-state index in [0.717, 1.165) is 5.56 Å². The van der Waals surface area contributed by atoms with E-state index >= 15 is 0 Å². The van der Waals surface area contributed by atoms with E-state index in [1.165, 1.54) is 19.1 Å². The molecule has 0 radical (unpaired) electrons. The lowest BCUT2D eigenvalue weighted by Crippen LogP contribution is -2.41. The fraction of sp³-hybridized carbons (Fsp3) is 0.150. The SMILES string of the molecule is COc1cccc(/C=C/C(=O)OC(C)C(=O)NC(=O)Nc2ccccc2)c1. The summed E-state index contributed by atoms with van der Waals surface area (Å²) >= 11 is 0. The number of carbonyl (C=O) groups is 3. The maximum absolute atomic E-state index is 11.9. The molecule has 0 aliphatic heterocycles. The zero-order valence-corrected chi connectivity index (χ0v) is 15.0. The number of rotatable bonds is 6. The van der Waals surface area contributed by atoms with Crippen molar-refractivity contribution in [1.29, 1.82) is 0 Å². The fourth-order valence-corrected chi connectivity index (χ4v) is 2.07. The smallest absolute Gasteiger partial charge is 0.331 e. The van der Waals surface area contributed by atoms with Crippen LogP contribution in [0.4, 0.5) is 10.5 Å². The first kappa shape index (κ1) is 19.7. The lowest BCUT2D eigenvalue weighted by molar-refractivity contribution is -0.149. The Labute approximate surface area is 157 Å². The van der Waals surface area contributed by atoms with Crippen molar-refractivity contribution in [3.05, 3.63) is 66.2 Å². The summed E-state index contributed by atoms with van der Waals surface area (Å²) < 4.78 is 10.1. The molecule has 0 aliphatic carbocycles. The number of urea groups is 1. The van der Waals surface area contributed by atoms with Crippen LogP contribution in [0.5, 0.6) is 5.75 Å². The number of nitrogens with one attached hydrogen (secondary N) is 2. The first-order valence-corrected chi connectivity index (χ1v) is 8.17. The second-order valence-corrected chi connectivity index (χ2v) is 5.50. The molecule has 0 aromatic heterocycles. The Morgan fingerprint density at radius 3 is 2.48 bits per heavy atom. The van der Waals surface area contributed by atoms with Crippen LogP contribution in [0.15, 0.2) is 60.7 Å². The van der Waals surface area contributed by atoms with Gasteiger partial charge in [0.25, 0.3) is 5.91 Å². The molecule has 0 saturated carbocycles. The molecular weight excluding hydrogens is 348 g/mol. The van der Waals surface area contributed by atoms with Gasteiger partial charge in [-0.2, -0.15) is 0 Å². The number of amides is 3. The minimum atomic E-state index is -1.13. The zero-order valence-electron chi connectivity index (χ0n) is 15.0. The van der Waals surface area contributed by atoms with Crippen LogP contribution in [0.1, 0.15) is 12.5 Å². The third-order valence-corrected chi connectivity index (χ3v) is 3.44. The molecule has 2 rings (SSSR count). The summed E-state index contributed by atoms with van der Waals surface area (Å²) in [5.74, 6) is -0.779. The second-order valence-electron chi connectivity index (χ2n) is 5.50. The second kappa shape index (κ2) is 9.76. The van der Waals surface area contributed by atoms with Crippen LogP contribution in [0, 0.1) is 0 Å². The van der Waals surface area contributed by atoms with E-state index in [1.807, 2.05) is 0 Å². The van der Waals surface area contributed by atoms with Crippen LogP contribution >= 0.6 is 0 Å². The van der Waals surface area contributed by atoms with E-state index in [9.17, 15) is 14.4 Å². The molecule has 140 valence electrons. The predicted octanol–water partition coefficient (Wildman–Crippen LogP) is 2.99. The molecule has 2 N–H and O–H groups in total. The van der Waals surface area contributed by atoms with Gasteiger partial charge >= 0.3 is 12.0 Å². The molecule has 0 spiro atoms. The third kappa shape index (κ3) is 6.66. The van der Waals surface area contributed by atoms with Gasteiger partial charge in [0.2, 0.25) is 0 Å². The summed E-state index contributed by atoms with van der Waals surface area (Å²) in [6, 6.07) is 15.0. The summed E-state index contributed by atoms with van der Waals surface area (Å²) in [4.78, 5) is 35.6. The van der Waals surface area contributed by atoms with Gasteiger partial charge in [0, 0.05) is 11.8 Å². The topological polar surface area (TPSA) is 93.7 Å². The number of hydrogen-bond acceptors (Lipinski definition) is 5. The molecule has 2 aromatic rings. The molecule has 7 nitrogen and oxygen atoms in total. The molecule has 0 fully saturated rings. The lowest BCUT2D eigenvalue weighted by atomic mass is 10.2. The van der Waals surface area contributed by atoms with Gasteiger partial charge in [0.1, 0.15) is 5.75 Å². The van der Waals surface area contributed by atoms with E-state index in [2.05, 4.69) is 10.6 Å². The predicted molar refractivity (Wildman–Crippen MR) is 101 cm³/mol.